The smallest absolute Gasteiger partial charge is 0.119 e. The predicted molar refractivity (Wildman–Crippen MR) is 80.9 cm³/mol. The Kier molecular flexibility index (Phi) is 5.71. The van der Waals surface area contributed by atoms with Crippen molar-refractivity contribution >= 4 is 0 Å². The summed E-state index contributed by atoms with van der Waals surface area (Å²) in [6, 6.07) is 9.45. The van der Waals surface area contributed by atoms with E-state index in [1.54, 1.807) is 0 Å². The summed E-state index contributed by atoms with van der Waals surface area (Å²) in [5.41, 5.74) is 1.46. The van der Waals surface area contributed by atoms with Gasteiger partial charge in [0.05, 0.1) is 6.61 Å². The van der Waals surface area contributed by atoms with Gasteiger partial charge in [0.2, 0.25) is 0 Å². The molecule has 2 nitrogen and oxygen atoms in total. The zero-order valence-corrected chi connectivity index (χ0v) is 12.3. The summed E-state index contributed by atoms with van der Waals surface area (Å²) >= 11 is 0. The molecule has 0 amide bonds. The molecule has 1 aliphatic rings. The molecule has 106 valence electrons. The van der Waals surface area contributed by atoms with Gasteiger partial charge in [0.25, 0.3) is 0 Å². The third-order valence-electron chi connectivity index (χ3n) is 4.23. The number of unbranched alkanes of at least 4 members (excludes halogenated alkanes) is 1. The number of hydrogen-bond donors (Lipinski definition) is 1. The summed E-state index contributed by atoms with van der Waals surface area (Å²) in [6.07, 6.45) is 7.50. The second-order valence-corrected chi connectivity index (χ2v) is 5.61. The highest BCUT2D eigenvalue weighted by Crippen LogP contribution is 2.34. The van der Waals surface area contributed by atoms with Gasteiger partial charge in [0.1, 0.15) is 5.75 Å². The second kappa shape index (κ2) is 7.54. The van der Waals surface area contributed by atoms with E-state index < -0.39 is 0 Å². The van der Waals surface area contributed by atoms with Crippen LogP contribution in [0.2, 0.25) is 0 Å². The Morgan fingerprint density at radius 2 is 2.00 bits per heavy atom. The first kappa shape index (κ1) is 14.4. The summed E-state index contributed by atoms with van der Waals surface area (Å²) in [6.45, 7) is 3.03. The summed E-state index contributed by atoms with van der Waals surface area (Å²) in [7, 11) is 2.08. The summed E-state index contributed by atoms with van der Waals surface area (Å²) in [4.78, 5) is 0. The molecule has 0 aromatic heterocycles. The van der Waals surface area contributed by atoms with Gasteiger partial charge in [-0.25, -0.2) is 0 Å². The maximum Gasteiger partial charge on any atom is 0.119 e. The van der Waals surface area contributed by atoms with E-state index in [1.165, 1.54) is 37.7 Å². The molecule has 2 rings (SSSR count). The lowest BCUT2D eigenvalue weighted by Gasteiger charge is -2.28. The number of benzene rings is 1. The average molecular weight is 261 g/mol. The van der Waals surface area contributed by atoms with Gasteiger partial charge in [-0.3, -0.25) is 0 Å². The lowest BCUT2D eigenvalue weighted by Crippen LogP contribution is -2.29. The van der Waals surface area contributed by atoms with E-state index in [1.807, 2.05) is 0 Å². The van der Waals surface area contributed by atoms with Gasteiger partial charge in [-0.15, -0.1) is 0 Å². The molecule has 1 fully saturated rings. The van der Waals surface area contributed by atoms with E-state index in [0.29, 0.717) is 0 Å². The first-order valence-electron chi connectivity index (χ1n) is 7.73. The van der Waals surface area contributed by atoms with Crippen molar-refractivity contribution in [2.45, 2.75) is 57.4 Å². The van der Waals surface area contributed by atoms with Crippen LogP contribution in [-0.2, 0) is 0 Å². The molecule has 0 atom stereocenters. The van der Waals surface area contributed by atoms with Crippen LogP contribution in [0.4, 0.5) is 0 Å². The highest BCUT2D eigenvalue weighted by Gasteiger charge is 2.21. The highest BCUT2D eigenvalue weighted by molar-refractivity contribution is 5.31. The van der Waals surface area contributed by atoms with Crippen molar-refractivity contribution < 1.29 is 4.74 Å². The fraction of sp³-hybridized carbons (Fsp3) is 0.647. The normalized spacial score (nSPS) is 23.3. The van der Waals surface area contributed by atoms with E-state index in [-0.39, 0.29) is 0 Å². The SMILES string of the molecule is CCCCOc1cccc(C2CCC(NC)CC2)c1. The molecule has 0 saturated heterocycles. The molecule has 0 spiro atoms. The van der Waals surface area contributed by atoms with Crippen LogP contribution in [0.15, 0.2) is 24.3 Å². The van der Waals surface area contributed by atoms with Gasteiger partial charge in [-0.1, -0.05) is 25.5 Å². The maximum atomic E-state index is 5.81. The van der Waals surface area contributed by atoms with E-state index in [4.69, 9.17) is 4.74 Å². The van der Waals surface area contributed by atoms with Crippen LogP contribution in [-0.4, -0.2) is 19.7 Å². The van der Waals surface area contributed by atoms with Crippen molar-refractivity contribution in [1.29, 1.82) is 0 Å². The van der Waals surface area contributed by atoms with Crippen molar-refractivity contribution in [3.63, 3.8) is 0 Å². The Hall–Kier alpha value is -1.02. The van der Waals surface area contributed by atoms with Gasteiger partial charge < -0.3 is 10.1 Å². The van der Waals surface area contributed by atoms with E-state index >= 15 is 0 Å². The molecule has 2 heteroatoms. The van der Waals surface area contributed by atoms with Crippen molar-refractivity contribution in [3.8, 4) is 5.75 Å². The molecule has 0 bridgehead atoms. The summed E-state index contributed by atoms with van der Waals surface area (Å²) < 4.78 is 5.81. The molecule has 0 aliphatic heterocycles. The fourth-order valence-electron chi connectivity index (χ4n) is 2.91. The monoisotopic (exact) mass is 261 g/mol. The summed E-state index contributed by atoms with van der Waals surface area (Å²) in [5.74, 6) is 1.76. The topological polar surface area (TPSA) is 21.3 Å². The Bertz CT molecular complexity index is 369. The van der Waals surface area contributed by atoms with E-state index in [9.17, 15) is 0 Å². The van der Waals surface area contributed by atoms with Gasteiger partial charge in [0, 0.05) is 6.04 Å². The Morgan fingerprint density at radius 3 is 2.68 bits per heavy atom. The molecule has 19 heavy (non-hydrogen) atoms. The molecule has 1 aromatic carbocycles. The van der Waals surface area contributed by atoms with Crippen molar-refractivity contribution in [1.82, 2.24) is 5.32 Å². The van der Waals surface area contributed by atoms with Gasteiger partial charge in [-0.05, 0) is 62.8 Å². The summed E-state index contributed by atoms with van der Waals surface area (Å²) in [5, 5.41) is 3.40. The molecular formula is C17H27NO. The first-order chi connectivity index (χ1) is 9.33. The first-order valence-corrected chi connectivity index (χ1v) is 7.73. The van der Waals surface area contributed by atoms with Crippen LogP contribution in [0.25, 0.3) is 0 Å². The Balaban J connectivity index is 1.91. The lowest BCUT2D eigenvalue weighted by molar-refractivity contribution is 0.308. The number of nitrogens with one attached hydrogen (secondary N) is 1. The maximum absolute atomic E-state index is 5.81. The predicted octanol–water partition coefficient (Wildman–Crippen LogP) is 4.11. The minimum atomic E-state index is 0.722. The molecule has 1 aromatic rings. The van der Waals surface area contributed by atoms with Crippen LogP contribution < -0.4 is 10.1 Å². The van der Waals surface area contributed by atoms with E-state index in [2.05, 4.69) is 43.6 Å². The highest BCUT2D eigenvalue weighted by atomic mass is 16.5. The molecule has 0 heterocycles. The third kappa shape index (κ3) is 4.24. The zero-order chi connectivity index (χ0) is 13.5. The van der Waals surface area contributed by atoms with Crippen LogP contribution in [0.5, 0.6) is 5.75 Å². The Morgan fingerprint density at radius 1 is 1.21 bits per heavy atom. The molecule has 1 aliphatic carbocycles. The van der Waals surface area contributed by atoms with Gasteiger partial charge in [0.15, 0.2) is 0 Å². The number of ether oxygens (including phenoxy) is 1. The van der Waals surface area contributed by atoms with Crippen LogP contribution in [0, 0.1) is 0 Å². The zero-order valence-electron chi connectivity index (χ0n) is 12.3. The molecule has 0 radical (unpaired) electrons. The van der Waals surface area contributed by atoms with Gasteiger partial charge >= 0.3 is 0 Å². The third-order valence-corrected chi connectivity index (χ3v) is 4.23. The number of hydrogen-bond acceptors (Lipinski definition) is 2. The fourth-order valence-corrected chi connectivity index (χ4v) is 2.91. The van der Waals surface area contributed by atoms with Crippen LogP contribution in [0.1, 0.15) is 56.9 Å². The molecule has 1 saturated carbocycles. The standard InChI is InChI=1S/C17H27NO/c1-3-4-12-19-17-7-5-6-15(13-17)14-8-10-16(18-2)11-9-14/h5-7,13-14,16,18H,3-4,8-12H2,1-2H3. The Labute approximate surface area is 117 Å². The number of rotatable bonds is 6. The second-order valence-electron chi connectivity index (χ2n) is 5.61. The van der Waals surface area contributed by atoms with Crippen molar-refractivity contribution in [2.24, 2.45) is 0 Å². The quantitative estimate of drug-likeness (QED) is 0.778. The van der Waals surface area contributed by atoms with Crippen molar-refractivity contribution in [2.75, 3.05) is 13.7 Å². The largest absolute Gasteiger partial charge is 0.494 e. The van der Waals surface area contributed by atoms with Crippen LogP contribution in [0.3, 0.4) is 0 Å². The lowest BCUT2D eigenvalue weighted by atomic mass is 9.82. The minimum Gasteiger partial charge on any atom is -0.494 e. The van der Waals surface area contributed by atoms with Gasteiger partial charge in [-0.2, -0.15) is 0 Å². The van der Waals surface area contributed by atoms with Crippen LogP contribution >= 0.6 is 0 Å². The van der Waals surface area contributed by atoms with Crippen molar-refractivity contribution in [3.05, 3.63) is 29.8 Å². The van der Waals surface area contributed by atoms with E-state index in [0.717, 1.165) is 30.7 Å². The molecule has 1 N–H and O–H groups in total. The minimum absolute atomic E-state index is 0.722. The average Bonchev–Trinajstić information content (AvgIpc) is 2.48. The molecular weight excluding hydrogens is 234 g/mol. The molecule has 0 unspecified atom stereocenters.